The zero-order valence-corrected chi connectivity index (χ0v) is 13.1. The Morgan fingerprint density at radius 1 is 1.41 bits per heavy atom. The van der Waals surface area contributed by atoms with E-state index in [-0.39, 0.29) is 62.6 Å². The second-order valence-corrected chi connectivity index (χ2v) is 3.21. The summed E-state index contributed by atoms with van der Waals surface area (Å²) in [6, 6.07) is 2.57. The number of carbonyl (C=O) groups excluding carboxylic acids is 2. The van der Waals surface area contributed by atoms with Gasteiger partial charge >= 0.3 is 57.4 Å². The Hall–Kier alpha value is -0.274. The maximum absolute atomic E-state index is 11.4. The van der Waals surface area contributed by atoms with Crippen LogP contribution in [-0.2, 0) is 4.74 Å². The molecule has 0 saturated carbocycles. The van der Waals surface area contributed by atoms with Gasteiger partial charge in [-0.15, -0.1) is 0 Å². The minimum absolute atomic E-state index is 0. The zero-order valence-electron chi connectivity index (χ0n) is 9.93. The van der Waals surface area contributed by atoms with Crippen molar-refractivity contribution < 1.29 is 70.8 Å². The summed E-state index contributed by atoms with van der Waals surface area (Å²) < 4.78 is 4.93. The molecule has 0 aromatic carbocycles. The quantitative estimate of drug-likeness (QED) is 0.330. The van der Waals surface area contributed by atoms with Crippen LogP contribution in [0.4, 0.5) is 0 Å². The SMILES string of the molecule is CCCCOC(=O)c1ccc(C(=O)[O-])nc1.[K+]. The van der Waals surface area contributed by atoms with Gasteiger partial charge < -0.3 is 14.6 Å². The van der Waals surface area contributed by atoms with Gasteiger partial charge in [0.15, 0.2) is 0 Å². The number of ether oxygens (including phenoxy) is 1. The molecule has 5 nitrogen and oxygen atoms in total. The third-order valence-corrected chi connectivity index (χ3v) is 1.94. The van der Waals surface area contributed by atoms with Crippen molar-refractivity contribution >= 4 is 11.9 Å². The van der Waals surface area contributed by atoms with E-state index in [1.54, 1.807) is 0 Å². The number of hydrogen-bond donors (Lipinski definition) is 0. The molecule has 0 spiro atoms. The smallest absolute Gasteiger partial charge is 0.543 e. The van der Waals surface area contributed by atoms with E-state index in [0.29, 0.717) is 6.61 Å². The van der Waals surface area contributed by atoms with Crippen LogP contribution in [0.25, 0.3) is 0 Å². The first-order valence-corrected chi connectivity index (χ1v) is 4.99. The van der Waals surface area contributed by atoms with Crippen LogP contribution in [0.3, 0.4) is 0 Å². The fourth-order valence-electron chi connectivity index (χ4n) is 1.03. The second kappa shape index (κ2) is 8.76. The van der Waals surface area contributed by atoms with E-state index in [9.17, 15) is 14.7 Å². The Morgan fingerprint density at radius 3 is 2.59 bits per heavy atom. The van der Waals surface area contributed by atoms with Gasteiger partial charge in [-0.1, -0.05) is 13.3 Å². The van der Waals surface area contributed by atoms with Gasteiger partial charge in [-0.2, -0.15) is 0 Å². The molecule has 86 valence electrons. The number of nitrogens with zero attached hydrogens (tertiary/aromatic N) is 1. The molecule has 0 aliphatic rings. The minimum Gasteiger partial charge on any atom is -0.543 e. The molecule has 0 aliphatic carbocycles. The van der Waals surface area contributed by atoms with Gasteiger partial charge in [-0.25, -0.2) is 4.79 Å². The predicted octanol–water partition coefficient (Wildman–Crippen LogP) is -2.59. The second-order valence-electron chi connectivity index (χ2n) is 3.21. The van der Waals surface area contributed by atoms with Crippen molar-refractivity contribution in [3.63, 3.8) is 0 Å². The molecule has 17 heavy (non-hydrogen) atoms. The Bertz CT molecular complexity index is 378. The standard InChI is InChI=1S/C11H13NO4.K/c1-2-3-6-16-11(15)8-4-5-9(10(13)14)12-7-8;/h4-5,7H,2-3,6H2,1H3,(H,13,14);/q;+1/p-1. The van der Waals surface area contributed by atoms with Gasteiger partial charge in [-0.3, -0.25) is 4.98 Å². The molecular weight excluding hydrogens is 249 g/mol. The van der Waals surface area contributed by atoms with Gasteiger partial charge in [0, 0.05) is 6.20 Å². The molecular formula is C11H12KNO4. The maximum Gasteiger partial charge on any atom is 1.00 e. The van der Waals surface area contributed by atoms with Crippen LogP contribution < -0.4 is 56.5 Å². The fraction of sp³-hybridized carbons (Fsp3) is 0.364. The third kappa shape index (κ3) is 5.74. The van der Waals surface area contributed by atoms with Gasteiger partial charge in [0.25, 0.3) is 0 Å². The molecule has 6 heteroatoms. The van der Waals surface area contributed by atoms with Crippen LogP contribution in [0, 0.1) is 0 Å². The number of aromatic carboxylic acids is 1. The van der Waals surface area contributed by atoms with Gasteiger partial charge in [-0.05, 0) is 18.6 Å². The summed E-state index contributed by atoms with van der Waals surface area (Å²) in [5.74, 6) is -1.86. The number of aromatic nitrogens is 1. The molecule has 1 rings (SSSR count). The molecule has 0 radical (unpaired) electrons. The Balaban J connectivity index is 0.00000256. The van der Waals surface area contributed by atoms with Crippen molar-refractivity contribution in [1.82, 2.24) is 4.98 Å². The van der Waals surface area contributed by atoms with E-state index in [1.807, 2.05) is 6.92 Å². The Kier molecular flexibility index (Phi) is 8.62. The minimum atomic E-state index is -1.37. The van der Waals surface area contributed by atoms with Gasteiger partial charge in [0.2, 0.25) is 0 Å². The largest absolute Gasteiger partial charge is 1.00 e. The average molecular weight is 261 g/mol. The van der Waals surface area contributed by atoms with Crippen molar-refractivity contribution in [2.45, 2.75) is 19.8 Å². The summed E-state index contributed by atoms with van der Waals surface area (Å²) in [4.78, 5) is 25.3. The molecule has 0 fully saturated rings. The summed E-state index contributed by atoms with van der Waals surface area (Å²) in [6.45, 7) is 2.35. The number of carbonyl (C=O) groups is 2. The van der Waals surface area contributed by atoms with E-state index >= 15 is 0 Å². The number of rotatable bonds is 5. The van der Waals surface area contributed by atoms with E-state index in [0.717, 1.165) is 12.8 Å². The molecule has 0 amide bonds. The van der Waals surface area contributed by atoms with Gasteiger partial charge in [0.05, 0.1) is 23.8 Å². The normalized spacial score (nSPS) is 9.24. The maximum atomic E-state index is 11.4. The van der Waals surface area contributed by atoms with E-state index < -0.39 is 11.9 Å². The van der Waals surface area contributed by atoms with Crippen molar-refractivity contribution in [3.05, 3.63) is 29.6 Å². The van der Waals surface area contributed by atoms with Crippen LogP contribution in [0.2, 0.25) is 0 Å². The van der Waals surface area contributed by atoms with Crippen LogP contribution in [0.1, 0.15) is 40.6 Å². The number of pyridine rings is 1. The Morgan fingerprint density at radius 2 is 2.12 bits per heavy atom. The number of unbranched alkanes of at least 4 members (excludes halogenated alkanes) is 1. The number of carboxylic acids is 1. The number of carboxylic acid groups (broad SMARTS) is 1. The first kappa shape index (κ1) is 16.7. The van der Waals surface area contributed by atoms with Crippen molar-refractivity contribution in [2.75, 3.05) is 6.61 Å². The molecule has 1 aromatic rings. The van der Waals surface area contributed by atoms with Crippen LogP contribution in [0.5, 0.6) is 0 Å². The first-order chi connectivity index (χ1) is 7.65. The third-order valence-electron chi connectivity index (χ3n) is 1.94. The van der Waals surface area contributed by atoms with Crippen LogP contribution in [-0.4, -0.2) is 23.5 Å². The average Bonchev–Trinajstić information content (AvgIpc) is 2.29. The van der Waals surface area contributed by atoms with Crippen molar-refractivity contribution in [3.8, 4) is 0 Å². The molecule has 0 atom stereocenters. The first-order valence-electron chi connectivity index (χ1n) is 4.99. The fourth-order valence-corrected chi connectivity index (χ4v) is 1.03. The van der Waals surface area contributed by atoms with Gasteiger partial charge in [0.1, 0.15) is 0 Å². The van der Waals surface area contributed by atoms with Crippen molar-refractivity contribution in [1.29, 1.82) is 0 Å². The van der Waals surface area contributed by atoms with Crippen LogP contribution >= 0.6 is 0 Å². The predicted molar refractivity (Wildman–Crippen MR) is 53.8 cm³/mol. The van der Waals surface area contributed by atoms with E-state index in [1.165, 1.54) is 18.3 Å². The molecule has 0 saturated heterocycles. The topological polar surface area (TPSA) is 79.3 Å². The molecule has 0 N–H and O–H groups in total. The van der Waals surface area contributed by atoms with E-state index in [2.05, 4.69) is 4.98 Å². The molecule has 1 aromatic heterocycles. The molecule has 0 bridgehead atoms. The summed E-state index contributed by atoms with van der Waals surface area (Å²) in [5, 5.41) is 10.4. The molecule has 0 aliphatic heterocycles. The van der Waals surface area contributed by atoms with Crippen LogP contribution in [0.15, 0.2) is 18.3 Å². The zero-order chi connectivity index (χ0) is 12.0. The summed E-state index contributed by atoms with van der Waals surface area (Å²) in [7, 11) is 0. The van der Waals surface area contributed by atoms with Crippen molar-refractivity contribution in [2.24, 2.45) is 0 Å². The monoisotopic (exact) mass is 261 g/mol. The van der Waals surface area contributed by atoms with E-state index in [4.69, 9.17) is 4.74 Å². The summed E-state index contributed by atoms with van der Waals surface area (Å²) in [6.07, 6.45) is 2.91. The molecule has 1 heterocycles. The summed E-state index contributed by atoms with van der Waals surface area (Å²) in [5.41, 5.74) is 0.0335. The summed E-state index contributed by atoms with van der Waals surface area (Å²) >= 11 is 0. The number of esters is 1. The molecule has 0 unspecified atom stereocenters. The Labute approximate surface area is 142 Å². The number of hydrogen-bond acceptors (Lipinski definition) is 5.